The Morgan fingerprint density at radius 1 is 1.24 bits per heavy atom. The summed E-state index contributed by atoms with van der Waals surface area (Å²) in [6.07, 6.45) is 1.83. The van der Waals surface area contributed by atoms with E-state index in [1.165, 1.54) is 17.0 Å². The normalized spacial score (nSPS) is 21.7. The predicted molar refractivity (Wildman–Crippen MR) is 88.1 cm³/mol. The minimum absolute atomic E-state index is 0.0872. The SMILES string of the molecule is Cc1cc([C@@H]2[C@@H](c3ccccn3)NC(=S)N2C)c(C)n1C. The number of nitrogens with one attached hydrogen (secondary N) is 1. The van der Waals surface area contributed by atoms with Crippen LogP contribution in [-0.2, 0) is 7.05 Å². The van der Waals surface area contributed by atoms with Crippen molar-refractivity contribution in [2.75, 3.05) is 7.05 Å². The molecule has 2 aromatic heterocycles. The average molecular weight is 300 g/mol. The van der Waals surface area contributed by atoms with Crippen molar-refractivity contribution in [1.29, 1.82) is 0 Å². The smallest absolute Gasteiger partial charge is 0.169 e. The molecule has 1 fully saturated rings. The Morgan fingerprint density at radius 3 is 2.57 bits per heavy atom. The number of hydrogen-bond acceptors (Lipinski definition) is 2. The maximum Gasteiger partial charge on any atom is 0.169 e. The number of aryl methyl sites for hydroxylation is 1. The Balaban J connectivity index is 2.08. The molecule has 0 radical (unpaired) electrons. The first-order chi connectivity index (χ1) is 10.0. The summed E-state index contributed by atoms with van der Waals surface area (Å²) in [5.74, 6) is 0. The lowest BCUT2D eigenvalue weighted by molar-refractivity contribution is 0.367. The lowest BCUT2D eigenvalue weighted by atomic mass is 9.97. The van der Waals surface area contributed by atoms with E-state index in [2.05, 4.69) is 52.8 Å². The fourth-order valence-electron chi connectivity index (χ4n) is 3.03. The highest BCUT2D eigenvalue weighted by Gasteiger charge is 2.39. The first kappa shape index (κ1) is 14.1. The molecule has 1 aliphatic rings. The molecule has 0 aromatic carbocycles. The third-order valence-electron chi connectivity index (χ3n) is 4.47. The highest BCUT2D eigenvalue weighted by Crippen LogP contribution is 2.39. The van der Waals surface area contributed by atoms with Gasteiger partial charge in [0.25, 0.3) is 0 Å². The first-order valence-electron chi connectivity index (χ1n) is 7.07. The summed E-state index contributed by atoms with van der Waals surface area (Å²) >= 11 is 5.46. The van der Waals surface area contributed by atoms with Crippen molar-refractivity contribution in [2.45, 2.75) is 25.9 Å². The molecule has 1 saturated heterocycles. The van der Waals surface area contributed by atoms with E-state index in [0.29, 0.717) is 0 Å². The van der Waals surface area contributed by atoms with Gasteiger partial charge < -0.3 is 14.8 Å². The third kappa shape index (κ3) is 2.21. The number of hydrogen-bond donors (Lipinski definition) is 1. The van der Waals surface area contributed by atoms with E-state index in [9.17, 15) is 0 Å². The molecule has 1 aliphatic heterocycles. The number of likely N-dealkylation sites (N-methyl/N-ethyl adjacent to an activating group) is 1. The molecule has 4 nitrogen and oxygen atoms in total. The largest absolute Gasteiger partial charge is 0.352 e. The van der Waals surface area contributed by atoms with Crippen LogP contribution in [0.3, 0.4) is 0 Å². The highest BCUT2D eigenvalue weighted by molar-refractivity contribution is 7.80. The van der Waals surface area contributed by atoms with Crippen molar-refractivity contribution in [1.82, 2.24) is 19.8 Å². The zero-order valence-corrected chi connectivity index (χ0v) is 13.6. The Labute approximate surface area is 130 Å². The van der Waals surface area contributed by atoms with E-state index < -0.39 is 0 Å². The molecular formula is C16H20N4S. The fraction of sp³-hybridized carbons (Fsp3) is 0.375. The van der Waals surface area contributed by atoms with E-state index >= 15 is 0 Å². The van der Waals surface area contributed by atoms with E-state index in [-0.39, 0.29) is 12.1 Å². The Kier molecular flexibility index (Phi) is 3.45. The molecule has 1 N–H and O–H groups in total. The fourth-order valence-corrected chi connectivity index (χ4v) is 3.27. The zero-order valence-electron chi connectivity index (χ0n) is 12.8. The molecule has 0 bridgehead atoms. The van der Waals surface area contributed by atoms with Gasteiger partial charge in [-0.1, -0.05) is 6.07 Å². The third-order valence-corrected chi connectivity index (χ3v) is 4.88. The van der Waals surface area contributed by atoms with E-state index in [4.69, 9.17) is 12.2 Å². The van der Waals surface area contributed by atoms with Crippen molar-refractivity contribution >= 4 is 17.3 Å². The van der Waals surface area contributed by atoms with Crippen molar-refractivity contribution in [3.05, 3.63) is 53.1 Å². The number of aromatic nitrogens is 2. The van der Waals surface area contributed by atoms with Crippen LogP contribution >= 0.6 is 12.2 Å². The molecule has 21 heavy (non-hydrogen) atoms. The van der Waals surface area contributed by atoms with Gasteiger partial charge >= 0.3 is 0 Å². The predicted octanol–water partition coefficient (Wildman–Crippen LogP) is 2.64. The van der Waals surface area contributed by atoms with Crippen LogP contribution in [0.2, 0.25) is 0 Å². The molecule has 0 amide bonds. The number of nitrogens with zero attached hydrogens (tertiary/aromatic N) is 3. The summed E-state index contributed by atoms with van der Waals surface area (Å²) in [5.41, 5.74) is 4.86. The van der Waals surface area contributed by atoms with Crippen LogP contribution in [-0.4, -0.2) is 26.6 Å². The summed E-state index contributed by atoms with van der Waals surface area (Å²) in [6, 6.07) is 8.52. The minimum Gasteiger partial charge on any atom is -0.352 e. The van der Waals surface area contributed by atoms with Gasteiger partial charge in [-0.2, -0.15) is 0 Å². The molecule has 0 unspecified atom stereocenters. The molecule has 0 spiro atoms. The number of rotatable bonds is 2. The maximum atomic E-state index is 5.46. The highest BCUT2D eigenvalue weighted by atomic mass is 32.1. The minimum atomic E-state index is 0.0872. The zero-order chi connectivity index (χ0) is 15.1. The van der Waals surface area contributed by atoms with Crippen LogP contribution in [0.4, 0.5) is 0 Å². The molecular weight excluding hydrogens is 280 g/mol. The summed E-state index contributed by atoms with van der Waals surface area (Å²) in [4.78, 5) is 6.64. The monoisotopic (exact) mass is 300 g/mol. The van der Waals surface area contributed by atoms with Crippen LogP contribution in [0.5, 0.6) is 0 Å². The quantitative estimate of drug-likeness (QED) is 0.864. The second-order valence-corrected chi connectivity index (χ2v) is 6.01. The van der Waals surface area contributed by atoms with Crippen molar-refractivity contribution in [3.8, 4) is 0 Å². The van der Waals surface area contributed by atoms with Gasteiger partial charge in [0.15, 0.2) is 5.11 Å². The van der Waals surface area contributed by atoms with Gasteiger partial charge in [0, 0.05) is 31.7 Å². The molecule has 5 heteroatoms. The van der Waals surface area contributed by atoms with Gasteiger partial charge in [0.05, 0.1) is 17.8 Å². The van der Waals surface area contributed by atoms with Crippen LogP contribution < -0.4 is 5.32 Å². The van der Waals surface area contributed by atoms with Crippen LogP contribution in [0.1, 0.15) is 34.7 Å². The van der Waals surface area contributed by atoms with Gasteiger partial charge in [-0.05, 0) is 49.8 Å². The van der Waals surface area contributed by atoms with Crippen molar-refractivity contribution in [2.24, 2.45) is 7.05 Å². The van der Waals surface area contributed by atoms with Gasteiger partial charge in [-0.25, -0.2) is 0 Å². The molecule has 2 aromatic rings. The van der Waals surface area contributed by atoms with Crippen LogP contribution in [0.15, 0.2) is 30.5 Å². The van der Waals surface area contributed by atoms with Gasteiger partial charge in [-0.15, -0.1) is 0 Å². The van der Waals surface area contributed by atoms with Crippen molar-refractivity contribution < 1.29 is 0 Å². The Morgan fingerprint density at radius 2 is 2.00 bits per heavy atom. The molecule has 110 valence electrons. The molecule has 2 atom stereocenters. The van der Waals surface area contributed by atoms with E-state index in [1.807, 2.05) is 25.4 Å². The molecule has 0 saturated carbocycles. The lowest BCUT2D eigenvalue weighted by Gasteiger charge is -2.24. The summed E-state index contributed by atoms with van der Waals surface area (Å²) < 4.78 is 2.22. The summed E-state index contributed by atoms with van der Waals surface area (Å²) in [7, 11) is 4.15. The van der Waals surface area contributed by atoms with E-state index in [1.54, 1.807) is 0 Å². The topological polar surface area (TPSA) is 33.1 Å². The molecule has 3 heterocycles. The Hall–Kier alpha value is -1.88. The van der Waals surface area contributed by atoms with Crippen molar-refractivity contribution in [3.63, 3.8) is 0 Å². The summed E-state index contributed by atoms with van der Waals surface area (Å²) in [6.45, 7) is 4.29. The average Bonchev–Trinajstić information content (AvgIpc) is 2.92. The lowest BCUT2D eigenvalue weighted by Crippen LogP contribution is -2.25. The molecule has 0 aliphatic carbocycles. The van der Waals surface area contributed by atoms with Crippen LogP contribution in [0, 0.1) is 13.8 Å². The second kappa shape index (κ2) is 5.15. The number of pyridine rings is 1. The van der Waals surface area contributed by atoms with Crippen LogP contribution in [0.25, 0.3) is 0 Å². The van der Waals surface area contributed by atoms with Gasteiger partial charge in [-0.3, -0.25) is 4.98 Å². The number of thiocarbonyl (C=S) groups is 1. The second-order valence-electron chi connectivity index (χ2n) is 5.62. The van der Waals surface area contributed by atoms with Gasteiger partial charge in [0.2, 0.25) is 0 Å². The summed E-state index contributed by atoms with van der Waals surface area (Å²) in [5, 5.41) is 4.18. The standard InChI is InChI=1S/C16H20N4S/c1-10-9-12(11(2)19(10)3)15-14(18-16(21)20(15)4)13-7-5-6-8-17-13/h5-9,14-15H,1-4H3,(H,18,21)/t14-,15-/m1/s1. The Bertz CT molecular complexity index is 677. The molecule has 3 rings (SSSR count). The van der Waals surface area contributed by atoms with Gasteiger partial charge in [0.1, 0.15) is 0 Å². The first-order valence-corrected chi connectivity index (χ1v) is 7.48. The maximum absolute atomic E-state index is 5.46. The van der Waals surface area contributed by atoms with E-state index in [0.717, 1.165) is 10.8 Å².